The van der Waals surface area contributed by atoms with Gasteiger partial charge >= 0.3 is 5.97 Å². The SMILES string of the molecule is COC(=O)CCc1ccc(C#Cc2nccc3cnc(Nc4ccc(S(C)(=O)=O)cc4)cc23)cc1. The Kier molecular flexibility index (Phi) is 7.09. The minimum absolute atomic E-state index is 0.231. The van der Waals surface area contributed by atoms with Gasteiger partial charge < -0.3 is 10.1 Å². The molecule has 8 heteroatoms. The van der Waals surface area contributed by atoms with Gasteiger partial charge in [-0.2, -0.15) is 0 Å². The van der Waals surface area contributed by atoms with Crippen LogP contribution in [0.3, 0.4) is 0 Å². The van der Waals surface area contributed by atoms with Crippen LogP contribution in [0.25, 0.3) is 10.8 Å². The highest BCUT2D eigenvalue weighted by Crippen LogP contribution is 2.22. The summed E-state index contributed by atoms with van der Waals surface area (Å²) in [6.45, 7) is 0. The monoisotopic (exact) mass is 485 g/mol. The van der Waals surface area contributed by atoms with E-state index >= 15 is 0 Å². The van der Waals surface area contributed by atoms with Crippen LogP contribution in [0.4, 0.5) is 11.5 Å². The number of aryl methyl sites for hydroxylation is 1. The summed E-state index contributed by atoms with van der Waals surface area (Å²) in [5.74, 6) is 6.65. The van der Waals surface area contributed by atoms with Crippen LogP contribution in [0, 0.1) is 11.8 Å². The van der Waals surface area contributed by atoms with Crippen molar-refractivity contribution in [2.24, 2.45) is 0 Å². The van der Waals surface area contributed by atoms with Crippen LogP contribution >= 0.6 is 0 Å². The molecule has 4 aromatic rings. The molecular weight excluding hydrogens is 462 g/mol. The molecule has 7 nitrogen and oxygen atoms in total. The van der Waals surface area contributed by atoms with Crippen molar-refractivity contribution in [3.05, 3.63) is 89.9 Å². The molecule has 0 bridgehead atoms. The van der Waals surface area contributed by atoms with Crippen molar-refractivity contribution in [1.29, 1.82) is 0 Å². The zero-order valence-electron chi connectivity index (χ0n) is 19.3. The summed E-state index contributed by atoms with van der Waals surface area (Å²) in [5, 5.41) is 4.94. The van der Waals surface area contributed by atoms with E-state index in [4.69, 9.17) is 0 Å². The lowest BCUT2D eigenvalue weighted by Gasteiger charge is -2.08. The maximum atomic E-state index is 11.7. The van der Waals surface area contributed by atoms with Gasteiger partial charge in [0.05, 0.1) is 12.0 Å². The topological polar surface area (TPSA) is 98.2 Å². The van der Waals surface area contributed by atoms with Gasteiger partial charge in [-0.25, -0.2) is 18.4 Å². The zero-order chi connectivity index (χ0) is 24.8. The van der Waals surface area contributed by atoms with Gasteiger partial charge in [0, 0.05) is 47.1 Å². The highest BCUT2D eigenvalue weighted by Gasteiger charge is 2.08. The molecule has 0 fully saturated rings. The molecule has 1 N–H and O–H groups in total. The molecule has 4 rings (SSSR count). The second-order valence-electron chi connectivity index (χ2n) is 7.89. The Morgan fingerprint density at radius 1 is 1.00 bits per heavy atom. The number of rotatable bonds is 6. The summed E-state index contributed by atoms with van der Waals surface area (Å²) in [6, 6.07) is 18.0. The summed E-state index contributed by atoms with van der Waals surface area (Å²) in [7, 11) is -1.87. The maximum absolute atomic E-state index is 11.7. The van der Waals surface area contributed by atoms with Gasteiger partial charge in [0.2, 0.25) is 0 Å². The van der Waals surface area contributed by atoms with Crippen LogP contribution in [0.15, 0.2) is 78.0 Å². The highest BCUT2D eigenvalue weighted by atomic mass is 32.2. The molecule has 0 saturated carbocycles. The van der Waals surface area contributed by atoms with Crippen LogP contribution in [-0.4, -0.2) is 37.7 Å². The largest absolute Gasteiger partial charge is 0.469 e. The molecule has 2 aromatic carbocycles. The number of pyridine rings is 2. The lowest BCUT2D eigenvalue weighted by atomic mass is 10.1. The maximum Gasteiger partial charge on any atom is 0.305 e. The minimum atomic E-state index is -3.25. The zero-order valence-corrected chi connectivity index (χ0v) is 20.1. The van der Waals surface area contributed by atoms with E-state index in [0.717, 1.165) is 21.9 Å². The molecule has 0 unspecified atom stereocenters. The lowest BCUT2D eigenvalue weighted by molar-refractivity contribution is -0.140. The lowest BCUT2D eigenvalue weighted by Crippen LogP contribution is -2.01. The first-order chi connectivity index (χ1) is 16.8. The number of sulfone groups is 1. The Balaban J connectivity index is 1.54. The number of nitrogens with one attached hydrogen (secondary N) is 1. The number of ether oxygens (including phenoxy) is 1. The van der Waals surface area contributed by atoms with Gasteiger partial charge in [0.15, 0.2) is 9.84 Å². The number of carbonyl (C=O) groups is 1. The number of methoxy groups -OCH3 is 1. The Morgan fingerprint density at radius 2 is 1.74 bits per heavy atom. The van der Waals surface area contributed by atoms with Crippen molar-refractivity contribution in [2.45, 2.75) is 17.7 Å². The van der Waals surface area contributed by atoms with Crippen molar-refractivity contribution in [3.8, 4) is 11.8 Å². The van der Waals surface area contributed by atoms with Crippen molar-refractivity contribution in [2.75, 3.05) is 18.7 Å². The Labute approximate surface area is 204 Å². The molecule has 0 amide bonds. The van der Waals surface area contributed by atoms with Crippen LogP contribution in [0.5, 0.6) is 0 Å². The van der Waals surface area contributed by atoms with Gasteiger partial charge in [0.1, 0.15) is 11.5 Å². The van der Waals surface area contributed by atoms with Crippen molar-refractivity contribution >= 4 is 38.1 Å². The smallest absolute Gasteiger partial charge is 0.305 e. The molecule has 0 aliphatic rings. The number of carbonyl (C=O) groups excluding carboxylic acids is 1. The molecule has 0 radical (unpaired) electrons. The number of hydrogen-bond donors (Lipinski definition) is 1. The average Bonchev–Trinajstić information content (AvgIpc) is 2.86. The summed E-state index contributed by atoms with van der Waals surface area (Å²) in [5.41, 5.74) is 3.21. The molecular formula is C27H23N3O4S. The fourth-order valence-corrected chi connectivity index (χ4v) is 4.03. The van der Waals surface area contributed by atoms with Gasteiger partial charge in [0.25, 0.3) is 0 Å². The Hall–Kier alpha value is -4.22. The number of fused-ring (bicyclic) bond motifs is 1. The fraction of sp³-hybridized carbons (Fsp3) is 0.148. The first-order valence-electron chi connectivity index (χ1n) is 10.8. The highest BCUT2D eigenvalue weighted by molar-refractivity contribution is 7.90. The van der Waals surface area contributed by atoms with E-state index in [1.165, 1.54) is 13.4 Å². The summed E-state index contributed by atoms with van der Waals surface area (Å²) in [4.78, 5) is 20.4. The van der Waals surface area contributed by atoms with E-state index in [1.807, 2.05) is 36.4 Å². The summed E-state index contributed by atoms with van der Waals surface area (Å²) in [6.07, 6.45) is 5.57. The summed E-state index contributed by atoms with van der Waals surface area (Å²) >= 11 is 0. The Bertz CT molecular complexity index is 1540. The number of hydrogen-bond acceptors (Lipinski definition) is 7. The molecule has 0 spiro atoms. The second kappa shape index (κ2) is 10.4. The number of esters is 1. The van der Waals surface area contributed by atoms with Crippen LogP contribution < -0.4 is 5.32 Å². The van der Waals surface area contributed by atoms with Crippen LogP contribution in [0.1, 0.15) is 23.2 Å². The molecule has 35 heavy (non-hydrogen) atoms. The molecule has 0 aliphatic heterocycles. The third kappa shape index (κ3) is 6.22. The van der Waals surface area contributed by atoms with E-state index in [2.05, 4.69) is 31.9 Å². The third-order valence-electron chi connectivity index (χ3n) is 5.33. The fourth-order valence-electron chi connectivity index (χ4n) is 3.40. The van der Waals surface area contributed by atoms with Gasteiger partial charge in [-0.1, -0.05) is 18.1 Å². The minimum Gasteiger partial charge on any atom is -0.469 e. The second-order valence-corrected chi connectivity index (χ2v) is 9.91. The number of benzene rings is 2. The van der Waals surface area contributed by atoms with Crippen molar-refractivity contribution < 1.29 is 17.9 Å². The predicted molar refractivity (Wildman–Crippen MR) is 135 cm³/mol. The van der Waals surface area contributed by atoms with E-state index in [9.17, 15) is 13.2 Å². The first-order valence-corrected chi connectivity index (χ1v) is 12.7. The van der Waals surface area contributed by atoms with Crippen LogP contribution in [-0.2, 0) is 25.8 Å². The van der Waals surface area contributed by atoms with Gasteiger partial charge in [-0.3, -0.25) is 4.79 Å². The summed E-state index contributed by atoms with van der Waals surface area (Å²) < 4.78 is 28.0. The first kappa shape index (κ1) is 23.9. The van der Waals surface area contributed by atoms with E-state index in [-0.39, 0.29) is 10.9 Å². The molecule has 2 aromatic heterocycles. The molecule has 0 atom stereocenters. The Morgan fingerprint density at radius 3 is 2.43 bits per heavy atom. The van der Waals surface area contributed by atoms with Gasteiger partial charge in [-0.05, 0) is 66.4 Å². The van der Waals surface area contributed by atoms with E-state index < -0.39 is 9.84 Å². The quantitative estimate of drug-likeness (QED) is 0.321. The standard InChI is InChI=1S/C27H23N3O4S/c1-34-27(31)14-8-20-5-3-19(4-6-20)7-13-25-24-17-26(29-18-21(24)15-16-28-25)30-22-9-11-23(12-10-22)35(2,32)33/h3-6,9-12,15-18H,8,14H2,1-2H3,(H,29,30). The van der Waals surface area contributed by atoms with Crippen molar-refractivity contribution in [1.82, 2.24) is 9.97 Å². The van der Waals surface area contributed by atoms with Crippen LogP contribution in [0.2, 0.25) is 0 Å². The molecule has 176 valence electrons. The third-order valence-corrected chi connectivity index (χ3v) is 6.46. The van der Waals surface area contributed by atoms with Crippen molar-refractivity contribution in [3.63, 3.8) is 0 Å². The van der Waals surface area contributed by atoms with E-state index in [1.54, 1.807) is 36.7 Å². The average molecular weight is 486 g/mol. The molecule has 0 saturated heterocycles. The van der Waals surface area contributed by atoms with Gasteiger partial charge in [-0.15, -0.1) is 0 Å². The number of nitrogens with zero attached hydrogens (tertiary/aromatic N) is 2. The molecule has 2 heterocycles. The predicted octanol–water partition coefficient (Wildman–Crippen LogP) is 4.28. The number of aromatic nitrogens is 2. The number of anilines is 2. The normalized spacial score (nSPS) is 10.9. The molecule has 0 aliphatic carbocycles. The van der Waals surface area contributed by atoms with E-state index in [0.29, 0.717) is 30.0 Å².